The largest absolute Gasteiger partial charge is 0.322 e. The fourth-order valence-electron chi connectivity index (χ4n) is 3.12. The quantitative estimate of drug-likeness (QED) is 0.875. The summed E-state index contributed by atoms with van der Waals surface area (Å²) < 4.78 is 1.92. The van der Waals surface area contributed by atoms with Gasteiger partial charge >= 0.3 is 0 Å². The summed E-state index contributed by atoms with van der Waals surface area (Å²) in [5.74, 6) is 2.37. The first kappa shape index (κ1) is 12.6. The maximum absolute atomic E-state index is 6.38. The van der Waals surface area contributed by atoms with Gasteiger partial charge in [0.25, 0.3) is 0 Å². The molecule has 0 aliphatic heterocycles. The molecule has 0 aromatic carbocycles. The molecule has 0 saturated heterocycles. The van der Waals surface area contributed by atoms with E-state index < -0.39 is 0 Å². The third-order valence-electron chi connectivity index (χ3n) is 4.47. The lowest BCUT2D eigenvalue weighted by Crippen LogP contribution is -2.28. The molecule has 0 radical (unpaired) electrons. The molecule has 1 fully saturated rings. The highest BCUT2D eigenvalue weighted by atomic mass is 15.3. The van der Waals surface area contributed by atoms with E-state index in [9.17, 15) is 0 Å². The first-order valence-corrected chi connectivity index (χ1v) is 6.83. The van der Waals surface area contributed by atoms with Gasteiger partial charge in [0.1, 0.15) is 0 Å². The lowest BCUT2D eigenvalue weighted by molar-refractivity contribution is 0.201. The van der Waals surface area contributed by atoms with Crippen LogP contribution >= 0.6 is 0 Å². The van der Waals surface area contributed by atoms with Crippen LogP contribution in [0, 0.1) is 17.8 Å². The minimum Gasteiger partial charge on any atom is -0.322 e. The summed E-state index contributed by atoms with van der Waals surface area (Å²) in [4.78, 5) is 0. The Hall–Kier alpha value is -0.830. The summed E-state index contributed by atoms with van der Waals surface area (Å²) in [6.45, 7) is 4.68. The molecule has 17 heavy (non-hydrogen) atoms. The molecule has 2 N–H and O–H groups in total. The minimum atomic E-state index is 0.163. The molecule has 1 aromatic rings. The van der Waals surface area contributed by atoms with Crippen molar-refractivity contribution in [3.63, 3.8) is 0 Å². The summed E-state index contributed by atoms with van der Waals surface area (Å²) in [7, 11) is 1.98. The van der Waals surface area contributed by atoms with Crippen LogP contribution in [0.25, 0.3) is 0 Å². The highest BCUT2D eigenvalue weighted by Gasteiger charge is 2.28. The number of rotatable bonds is 3. The van der Waals surface area contributed by atoms with Crippen molar-refractivity contribution in [2.24, 2.45) is 30.5 Å². The van der Waals surface area contributed by atoms with Crippen LogP contribution in [0.15, 0.2) is 12.3 Å². The molecule has 0 bridgehead atoms. The molecular formula is C14H25N3. The summed E-state index contributed by atoms with van der Waals surface area (Å²) in [5.41, 5.74) is 7.55. The Morgan fingerprint density at radius 3 is 2.29 bits per heavy atom. The van der Waals surface area contributed by atoms with E-state index in [0.717, 1.165) is 11.8 Å². The molecule has 0 spiro atoms. The van der Waals surface area contributed by atoms with E-state index in [1.165, 1.54) is 31.4 Å². The van der Waals surface area contributed by atoms with Crippen LogP contribution in [0.5, 0.6) is 0 Å². The average molecular weight is 235 g/mol. The predicted octanol–water partition coefficient (Wildman–Crippen LogP) is 2.88. The SMILES string of the molecule is CC(C)C1CCC(C(N)c2ccnn2C)CC1. The van der Waals surface area contributed by atoms with Gasteiger partial charge in [0.2, 0.25) is 0 Å². The molecule has 1 aliphatic rings. The zero-order valence-electron chi connectivity index (χ0n) is 11.3. The summed E-state index contributed by atoms with van der Waals surface area (Å²) in [6, 6.07) is 2.22. The Balaban J connectivity index is 1.95. The molecule has 1 saturated carbocycles. The average Bonchev–Trinajstić information content (AvgIpc) is 2.74. The second-order valence-corrected chi connectivity index (χ2v) is 5.82. The van der Waals surface area contributed by atoms with Gasteiger partial charge in [-0.3, -0.25) is 4.68 Å². The molecule has 1 atom stereocenters. The van der Waals surface area contributed by atoms with E-state index >= 15 is 0 Å². The Kier molecular flexibility index (Phi) is 3.87. The number of aryl methyl sites for hydroxylation is 1. The summed E-state index contributed by atoms with van der Waals surface area (Å²) in [5, 5.41) is 4.21. The predicted molar refractivity (Wildman–Crippen MR) is 70.4 cm³/mol. The molecule has 1 unspecified atom stereocenters. The second kappa shape index (κ2) is 5.21. The maximum atomic E-state index is 6.38. The fraction of sp³-hybridized carbons (Fsp3) is 0.786. The molecule has 3 heteroatoms. The first-order valence-electron chi connectivity index (χ1n) is 6.83. The highest BCUT2D eigenvalue weighted by Crippen LogP contribution is 2.38. The van der Waals surface area contributed by atoms with Crippen molar-refractivity contribution < 1.29 is 0 Å². The van der Waals surface area contributed by atoms with E-state index in [0.29, 0.717) is 5.92 Å². The van der Waals surface area contributed by atoms with Crippen molar-refractivity contribution >= 4 is 0 Å². The van der Waals surface area contributed by atoms with Gasteiger partial charge in [-0.1, -0.05) is 13.8 Å². The van der Waals surface area contributed by atoms with Gasteiger partial charge < -0.3 is 5.73 Å². The first-order chi connectivity index (χ1) is 8.09. The van der Waals surface area contributed by atoms with Gasteiger partial charge in [0.15, 0.2) is 0 Å². The Labute approximate surface area is 104 Å². The van der Waals surface area contributed by atoms with Crippen molar-refractivity contribution in [3.05, 3.63) is 18.0 Å². The van der Waals surface area contributed by atoms with Gasteiger partial charge in [0.05, 0.1) is 5.69 Å². The molecule has 2 rings (SSSR count). The van der Waals surface area contributed by atoms with Gasteiger partial charge in [-0.15, -0.1) is 0 Å². The third-order valence-corrected chi connectivity index (χ3v) is 4.47. The topological polar surface area (TPSA) is 43.8 Å². The van der Waals surface area contributed by atoms with Crippen LogP contribution in [-0.2, 0) is 7.05 Å². The standard InChI is InChI=1S/C14H25N3/c1-10(2)11-4-6-12(7-5-11)14(15)13-8-9-16-17(13)3/h8-12,14H,4-7,15H2,1-3H3. The third kappa shape index (κ3) is 2.71. The molecule has 96 valence electrons. The van der Waals surface area contributed by atoms with E-state index in [4.69, 9.17) is 5.73 Å². The molecule has 3 nitrogen and oxygen atoms in total. The zero-order chi connectivity index (χ0) is 12.4. The van der Waals surface area contributed by atoms with Crippen LogP contribution in [0.3, 0.4) is 0 Å². The highest BCUT2D eigenvalue weighted by molar-refractivity contribution is 5.07. The number of hydrogen-bond donors (Lipinski definition) is 1. The molecular weight excluding hydrogens is 210 g/mol. The fourth-order valence-corrected chi connectivity index (χ4v) is 3.12. The second-order valence-electron chi connectivity index (χ2n) is 5.82. The van der Waals surface area contributed by atoms with E-state index in [2.05, 4.69) is 25.0 Å². The van der Waals surface area contributed by atoms with Gasteiger partial charge in [-0.05, 0) is 49.5 Å². The van der Waals surface area contributed by atoms with Crippen molar-refractivity contribution in [2.75, 3.05) is 0 Å². The van der Waals surface area contributed by atoms with Crippen LogP contribution in [0.4, 0.5) is 0 Å². The molecule has 1 aromatic heterocycles. The monoisotopic (exact) mass is 235 g/mol. The number of hydrogen-bond acceptors (Lipinski definition) is 2. The summed E-state index contributed by atoms with van der Waals surface area (Å²) in [6.07, 6.45) is 7.07. The molecule has 1 heterocycles. The van der Waals surface area contributed by atoms with Crippen molar-refractivity contribution in [2.45, 2.75) is 45.6 Å². The molecule has 0 amide bonds. The van der Waals surface area contributed by atoms with Crippen LogP contribution < -0.4 is 5.73 Å². The van der Waals surface area contributed by atoms with Crippen LogP contribution in [0.1, 0.15) is 51.3 Å². The van der Waals surface area contributed by atoms with Crippen LogP contribution in [0.2, 0.25) is 0 Å². The van der Waals surface area contributed by atoms with Gasteiger partial charge in [-0.2, -0.15) is 5.10 Å². The number of nitrogens with zero attached hydrogens (tertiary/aromatic N) is 2. The maximum Gasteiger partial charge on any atom is 0.0550 e. The number of aromatic nitrogens is 2. The minimum absolute atomic E-state index is 0.163. The van der Waals surface area contributed by atoms with Crippen molar-refractivity contribution in [1.82, 2.24) is 9.78 Å². The lowest BCUT2D eigenvalue weighted by Gasteiger charge is -2.33. The van der Waals surface area contributed by atoms with Crippen LogP contribution in [-0.4, -0.2) is 9.78 Å². The number of nitrogens with two attached hydrogens (primary N) is 1. The Bertz CT molecular complexity index is 348. The Morgan fingerprint density at radius 1 is 1.24 bits per heavy atom. The lowest BCUT2D eigenvalue weighted by atomic mass is 9.74. The van der Waals surface area contributed by atoms with E-state index in [1.807, 2.05) is 17.9 Å². The van der Waals surface area contributed by atoms with Crippen molar-refractivity contribution in [1.29, 1.82) is 0 Å². The normalized spacial score (nSPS) is 27.4. The van der Waals surface area contributed by atoms with E-state index in [-0.39, 0.29) is 6.04 Å². The Morgan fingerprint density at radius 2 is 1.82 bits per heavy atom. The van der Waals surface area contributed by atoms with Gasteiger partial charge in [-0.25, -0.2) is 0 Å². The summed E-state index contributed by atoms with van der Waals surface area (Å²) >= 11 is 0. The smallest absolute Gasteiger partial charge is 0.0550 e. The van der Waals surface area contributed by atoms with Crippen molar-refractivity contribution in [3.8, 4) is 0 Å². The van der Waals surface area contributed by atoms with E-state index in [1.54, 1.807) is 0 Å². The zero-order valence-corrected chi connectivity index (χ0v) is 11.3. The van der Waals surface area contributed by atoms with Gasteiger partial charge in [0, 0.05) is 19.3 Å². The molecule has 1 aliphatic carbocycles.